The summed E-state index contributed by atoms with van der Waals surface area (Å²) in [5.74, 6) is -0.0890. The minimum absolute atomic E-state index is 0.172. The van der Waals surface area contributed by atoms with Crippen molar-refractivity contribution in [3.8, 4) is 5.75 Å². The van der Waals surface area contributed by atoms with Crippen molar-refractivity contribution < 1.29 is 14.3 Å². The predicted molar refractivity (Wildman–Crippen MR) is 60.5 cm³/mol. The monoisotopic (exact) mass is 255 g/mol. The van der Waals surface area contributed by atoms with Crippen LogP contribution in [0.25, 0.3) is 5.65 Å². The van der Waals surface area contributed by atoms with E-state index in [0.29, 0.717) is 18.0 Å². The Morgan fingerprint density at radius 2 is 2.35 bits per heavy atom. The number of rotatable bonds is 3. The average molecular weight is 256 g/mol. The van der Waals surface area contributed by atoms with Crippen molar-refractivity contribution in [3.63, 3.8) is 0 Å². The van der Waals surface area contributed by atoms with E-state index in [2.05, 4.69) is 10.1 Å². The highest BCUT2D eigenvalue weighted by Crippen LogP contribution is 2.23. The van der Waals surface area contributed by atoms with Crippen molar-refractivity contribution in [1.29, 1.82) is 0 Å². The topological polar surface area (TPSA) is 65.7 Å². The summed E-state index contributed by atoms with van der Waals surface area (Å²) in [7, 11) is 1.48. The lowest BCUT2D eigenvalue weighted by Gasteiger charge is -2.03. The van der Waals surface area contributed by atoms with Gasteiger partial charge in [-0.2, -0.15) is 5.10 Å². The highest BCUT2D eigenvalue weighted by molar-refractivity contribution is 6.31. The molecule has 0 unspecified atom stereocenters. The van der Waals surface area contributed by atoms with Crippen LogP contribution in [0.4, 0.5) is 0 Å². The Balaban J connectivity index is 2.54. The van der Waals surface area contributed by atoms with Gasteiger partial charge in [0.25, 0.3) is 0 Å². The molecule has 0 amide bonds. The minimum atomic E-state index is -0.476. The number of carbonyl (C=O) groups excluding carboxylic acids is 1. The Morgan fingerprint density at radius 1 is 1.59 bits per heavy atom. The van der Waals surface area contributed by atoms with Crippen molar-refractivity contribution in [3.05, 3.63) is 23.1 Å². The lowest BCUT2D eigenvalue weighted by Crippen LogP contribution is -2.05. The summed E-state index contributed by atoms with van der Waals surface area (Å²) in [6.45, 7) is 2.02. The number of ether oxygens (including phenoxy) is 2. The maximum atomic E-state index is 11.6. The summed E-state index contributed by atoms with van der Waals surface area (Å²) < 4.78 is 11.3. The van der Waals surface area contributed by atoms with Gasteiger partial charge in [-0.05, 0) is 6.92 Å². The van der Waals surface area contributed by atoms with Crippen LogP contribution in [0.5, 0.6) is 5.75 Å². The van der Waals surface area contributed by atoms with Gasteiger partial charge in [-0.3, -0.25) is 0 Å². The average Bonchev–Trinajstić information content (AvgIpc) is 2.71. The Morgan fingerprint density at radius 3 is 3.00 bits per heavy atom. The summed E-state index contributed by atoms with van der Waals surface area (Å²) in [6.07, 6.45) is 2.93. The molecular formula is C10H10ClN3O3. The van der Waals surface area contributed by atoms with Crippen LogP contribution in [0.15, 0.2) is 12.4 Å². The second kappa shape index (κ2) is 4.58. The number of methoxy groups -OCH3 is 1. The number of halogens is 1. The van der Waals surface area contributed by atoms with Gasteiger partial charge in [0.1, 0.15) is 5.56 Å². The molecule has 2 rings (SSSR count). The number of hydrogen-bond donors (Lipinski definition) is 0. The molecule has 0 aliphatic rings. The molecule has 0 radical (unpaired) electrons. The minimum Gasteiger partial charge on any atom is -0.492 e. The summed E-state index contributed by atoms with van der Waals surface area (Å²) in [5.41, 5.74) is 0.616. The van der Waals surface area contributed by atoms with Crippen molar-refractivity contribution in [1.82, 2.24) is 14.6 Å². The number of esters is 1. The maximum absolute atomic E-state index is 11.6. The number of aromatic nitrogens is 3. The van der Waals surface area contributed by atoms with Gasteiger partial charge in [0.15, 0.2) is 16.5 Å². The smallest absolute Gasteiger partial charge is 0.343 e. The van der Waals surface area contributed by atoms with E-state index in [0.717, 1.165) is 0 Å². The summed E-state index contributed by atoms with van der Waals surface area (Å²) in [4.78, 5) is 15.6. The third kappa shape index (κ3) is 2.03. The van der Waals surface area contributed by atoms with Gasteiger partial charge in [0, 0.05) is 0 Å². The molecule has 0 bridgehead atoms. The third-order valence-corrected chi connectivity index (χ3v) is 2.40. The van der Waals surface area contributed by atoms with E-state index in [1.54, 1.807) is 13.1 Å². The van der Waals surface area contributed by atoms with Gasteiger partial charge < -0.3 is 9.47 Å². The zero-order chi connectivity index (χ0) is 12.4. The first-order chi connectivity index (χ1) is 8.17. The number of carbonyl (C=O) groups is 1. The zero-order valence-electron chi connectivity index (χ0n) is 9.31. The Hall–Kier alpha value is -1.82. The van der Waals surface area contributed by atoms with Crippen LogP contribution in [0, 0.1) is 0 Å². The molecule has 0 saturated heterocycles. The highest BCUT2D eigenvalue weighted by atomic mass is 35.5. The maximum Gasteiger partial charge on any atom is 0.343 e. The fraction of sp³-hybridized carbons (Fsp3) is 0.300. The van der Waals surface area contributed by atoms with E-state index in [-0.39, 0.29) is 10.7 Å². The quantitative estimate of drug-likeness (QED) is 0.615. The van der Waals surface area contributed by atoms with Crippen LogP contribution in [0.1, 0.15) is 17.3 Å². The molecule has 0 aromatic carbocycles. The van der Waals surface area contributed by atoms with Crippen LogP contribution in [-0.4, -0.2) is 34.3 Å². The Labute approximate surface area is 102 Å². The van der Waals surface area contributed by atoms with Crippen LogP contribution in [0.3, 0.4) is 0 Å². The molecule has 0 aliphatic carbocycles. The first kappa shape index (κ1) is 11.7. The van der Waals surface area contributed by atoms with Gasteiger partial charge in [0.2, 0.25) is 0 Å². The molecule has 2 heterocycles. The van der Waals surface area contributed by atoms with Gasteiger partial charge in [-0.1, -0.05) is 11.6 Å². The van der Waals surface area contributed by atoms with Crippen molar-refractivity contribution in [2.75, 3.05) is 13.7 Å². The molecule has 0 saturated carbocycles. The molecule has 0 spiro atoms. The summed E-state index contributed by atoms with van der Waals surface area (Å²) >= 11 is 5.88. The van der Waals surface area contributed by atoms with Crippen LogP contribution in [0.2, 0.25) is 5.15 Å². The second-order valence-electron chi connectivity index (χ2n) is 3.15. The summed E-state index contributed by atoms with van der Waals surface area (Å²) in [6, 6.07) is 0. The fourth-order valence-electron chi connectivity index (χ4n) is 1.36. The Kier molecular flexibility index (Phi) is 3.14. The number of fused-ring (bicyclic) bond motifs is 1. The van der Waals surface area contributed by atoms with Gasteiger partial charge in [0.05, 0.1) is 26.1 Å². The second-order valence-corrected chi connectivity index (χ2v) is 3.50. The van der Waals surface area contributed by atoms with E-state index in [9.17, 15) is 4.79 Å². The van der Waals surface area contributed by atoms with Gasteiger partial charge >= 0.3 is 5.97 Å². The van der Waals surface area contributed by atoms with Crippen LogP contribution in [-0.2, 0) is 4.74 Å². The molecule has 2 aromatic heterocycles. The fourth-order valence-corrected chi connectivity index (χ4v) is 1.57. The van der Waals surface area contributed by atoms with Crippen molar-refractivity contribution in [2.45, 2.75) is 6.92 Å². The molecule has 0 aliphatic heterocycles. The normalized spacial score (nSPS) is 10.5. The molecule has 6 nitrogen and oxygen atoms in total. The van der Waals surface area contributed by atoms with E-state index in [4.69, 9.17) is 21.1 Å². The van der Waals surface area contributed by atoms with Crippen LogP contribution >= 0.6 is 11.6 Å². The van der Waals surface area contributed by atoms with Gasteiger partial charge in [-0.25, -0.2) is 14.3 Å². The molecule has 0 N–H and O–H groups in total. The number of nitrogens with zero attached hydrogens (tertiary/aromatic N) is 3. The highest BCUT2D eigenvalue weighted by Gasteiger charge is 2.17. The van der Waals surface area contributed by atoms with Gasteiger partial charge in [-0.15, -0.1) is 0 Å². The van der Waals surface area contributed by atoms with Crippen molar-refractivity contribution in [2.24, 2.45) is 0 Å². The zero-order valence-corrected chi connectivity index (χ0v) is 10.1. The third-order valence-electron chi connectivity index (χ3n) is 2.13. The molecule has 17 heavy (non-hydrogen) atoms. The first-order valence-corrected chi connectivity index (χ1v) is 5.30. The predicted octanol–water partition coefficient (Wildman–Crippen LogP) is 1.57. The molecule has 2 aromatic rings. The van der Waals surface area contributed by atoms with Crippen molar-refractivity contribution >= 4 is 23.2 Å². The molecule has 7 heteroatoms. The molecule has 0 fully saturated rings. The largest absolute Gasteiger partial charge is 0.492 e. The molecule has 90 valence electrons. The lowest BCUT2D eigenvalue weighted by molar-refractivity contribution is 0.0528. The molecular weight excluding hydrogens is 246 g/mol. The van der Waals surface area contributed by atoms with E-state index < -0.39 is 5.97 Å². The first-order valence-electron chi connectivity index (χ1n) is 4.92. The van der Waals surface area contributed by atoms with E-state index in [1.165, 1.54) is 17.8 Å². The lowest BCUT2D eigenvalue weighted by atomic mass is 10.3. The number of hydrogen-bond acceptors (Lipinski definition) is 5. The SMILES string of the molecule is CCOC(=O)c1cnn2cc(OC)c(Cl)nc12. The molecule has 0 atom stereocenters. The van der Waals surface area contributed by atoms with E-state index >= 15 is 0 Å². The summed E-state index contributed by atoms with van der Waals surface area (Å²) in [5, 5.41) is 4.16. The van der Waals surface area contributed by atoms with Crippen LogP contribution < -0.4 is 4.74 Å². The van der Waals surface area contributed by atoms with E-state index in [1.807, 2.05) is 0 Å². The Bertz CT molecular complexity index is 567. The standard InChI is InChI=1S/C10H10ClN3O3/c1-3-17-10(15)6-4-12-14-5-7(16-2)8(11)13-9(6)14/h4-5H,3H2,1-2H3.